The summed E-state index contributed by atoms with van der Waals surface area (Å²) in [4.78, 5) is 19.7. The molecule has 0 spiro atoms. The fourth-order valence-electron chi connectivity index (χ4n) is 3.29. The molecule has 7 nitrogen and oxygen atoms in total. The van der Waals surface area contributed by atoms with Crippen molar-refractivity contribution >= 4 is 16.9 Å². The van der Waals surface area contributed by atoms with Crippen LogP contribution >= 0.6 is 0 Å². The molecule has 0 saturated carbocycles. The molecular formula is C20H21N3O4. The van der Waals surface area contributed by atoms with Gasteiger partial charge in [-0.15, -0.1) is 0 Å². The smallest absolute Gasteiger partial charge is 0.251 e. The van der Waals surface area contributed by atoms with Crippen LogP contribution in [0.2, 0.25) is 0 Å². The number of carbonyl (C=O) groups is 1. The van der Waals surface area contributed by atoms with Gasteiger partial charge in [-0.05, 0) is 36.2 Å². The predicted octanol–water partition coefficient (Wildman–Crippen LogP) is 2.04. The van der Waals surface area contributed by atoms with E-state index in [9.17, 15) is 4.79 Å². The lowest BCUT2D eigenvalue weighted by molar-refractivity contribution is 0.0939. The topological polar surface area (TPSA) is 96.5 Å². The molecule has 1 aromatic heterocycles. The molecule has 0 radical (unpaired) electrons. The Hall–Kier alpha value is -3.06. The number of hydrogen-bond acceptors (Lipinski definition) is 5. The number of rotatable bonds is 5. The maximum atomic E-state index is 12.5. The minimum absolute atomic E-state index is 0.141. The zero-order chi connectivity index (χ0) is 18.8. The molecule has 4 rings (SSSR count). The molecule has 2 heterocycles. The van der Waals surface area contributed by atoms with Crippen molar-refractivity contribution in [3.63, 3.8) is 0 Å². The number of aliphatic hydroxyl groups excluding tert-OH is 1. The van der Waals surface area contributed by atoms with E-state index in [1.807, 2.05) is 18.2 Å². The molecule has 1 amide bonds. The summed E-state index contributed by atoms with van der Waals surface area (Å²) in [6.45, 7) is 0.929. The van der Waals surface area contributed by atoms with E-state index >= 15 is 0 Å². The average Bonchev–Trinajstić information content (AvgIpc) is 3.13. The Labute approximate surface area is 156 Å². The molecule has 0 unspecified atom stereocenters. The van der Waals surface area contributed by atoms with Crippen LogP contribution in [0.5, 0.6) is 11.5 Å². The first-order chi connectivity index (χ1) is 13.2. The van der Waals surface area contributed by atoms with Gasteiger partial charge in [0.2, 0.25) is 0 Å². The molecule has 3 N–H and O–H groups in total. The molecular weight excluding hydrogens is 346 g/mol. The normalized spacial score (nSPS) is 15.9. The van der Waals surface area contributed by atoms with E-state index < -0.39 is 0 Å². The van der Waals surface area contributed by atoms with Crippen molar-refractivity contribution in [2.24, 2.45) is 5.92 Å². The number of nitrogens with zero attached hydrogens (tertiary/aromatic N) is 1. The predicted molar refractivity (Wildman–Crippen MR) is 100 cm³/mol. The highest BCUT2D eigenvalue weighted by atomic mass is 16.5. The number of imidazole rings is 1. The van der Waals surface area contributed by atoms with E-state index in [1.54, 1.807) is 25.3 Å². The molecule has 1 atom stereocenters. The summed E-state index contributed by atoms with van der Waals surface area (Å²) in [5.74, 6) is 2.18. The largest absolute Gasteiger partial charge is 0.497 e. The first-order valence-corrected chi connectivity index (χ1v) is 8.83. The molecule has 1 aliphatic heterocycles. The lowest BCUT2D eigenvalue weighted by Gasteiger charge is -2.25. The van der Waals surface area contributed by atoms with Crippen molar-refractivity contribution in [1.29, 1.82) is 0 Å². The molecule has 140 valence electrons. The molecule has 1 aliphatic rings. The van der Waals surface area contributed by atoms with Gasteiger partial charge in [0.15, 0.2) is 0 Å². The SMILES string of the molecule is COc1ccc2c(c1)OC[C@H](CNC(=O)c1ccc3nc(CO)[nH]c3c1)C2. The molecule has 3 aromatic rings. The molecule has 0 fully saturated rings. The van der Waals surface area contributed by atoms with Crippen LogP contribution in [0.25, 0.3) is 11.0 Å². The molecule has 7 heteroatoms. The number of aromatic nitrogens is 2. The molecule has 27 heavy (non-hydrogen) atoms. The Kier molecular flexibility index (Phi) is 4.68. The van der Waals surface area contributed by atoms with Gasteiger partial charge in [0.1, 0.15) is 23.9 Å². The maximum absolute atomic E-state index is 12.5. The van der Waals surface area contributed by atoms with Gasteiger partial charge < -0.3 is 24.9 Å². The summed E-state index contributed by atoms with van der Waals surface area (Å²) >= 11 is 0. The van der Waals surface area contributed by atoms with E-state index in [2.05, 4.69) is 15.3 Å². The minimum Gasteiger partial charge on any atom is -0.497 e. The van der Waals surface area contributed by atoms with E-state index in [-0.39, 0.29) is 18.4 Å². The van der Waals surface area contributed by atoms with Gasteiger partial charge >= 0.3 is 0 Å². The van der Waals surface area contributed by atoms with E-state index in [0.717, 1.165) is 34.5 Å². The zero-order valence-corrected chi connectivity index (χ0v) is 15.0. The number of hydrogen-bond donors (Lipinski definition) is 3. The molecule has 0 bridgehead atoms. The second kappa shape index (κ2) is 7.28. The summed E-state index contributed by atoms with van der Waals surface area (Å²) < 4.78 is 11.0. The minimum atomic E-state index is -0.161. The molecule has 0 saturated heterocycles. The number of methoxy groups -OCH3 is 1. The van der Waals surface area contributed by atoms with Crippen molar-refractivity contribution in [3.05, 3.63) is 53.3 Å². The van der Waals surface area contributed by atoms with E-state index in [0.29, 0.717) is 24.5 Å². The van der Waals surface area contributed by atoms with Crippen LogP contribution < -0.4 is 14.8 Å². The second-order valence-corrected chi connectivity index (χ2v) is 6.64. The second-order valence-electron chi connectivity index (χ2n) is 6.64. The summed E-state index contributed by atoms with van der Waals surface area (Å²) in [6, 6.07) is 11.1. The fraction of sp³-hybridized carbons (Fsp3) is 0.300. The number of aromatic amines is 1. The number of nitrogens with one attached hydrogen (secondary N) is 2. The maximum Gasteiger partial charge on any atom is 0.251 e. The Morgan fingerprint density at radius 3 is 3.07 bits per heavy atom. The van der Waals surface area contributed by atoms with Crippen LogP contribution in [0.15, 0.2) is 36.4 Å². The molecule has 2 aromatic carbocycles. The van der Waals surface area contributed by atoms with Gasteiger partial charge in [0, 0.05) is 24.1 Å². The Bertz CT molecular complexity index is 983. The fourth-order valence-corrected chi connectivity index (χ4v) is 3.29. The summed E-state index contributed by atoms with van der Waals surface area (Å²) in [5.41, 5.74) is 3.13. The summed E-state index contributed by atoms with van der Waals surface area (Å²) in [5, 5.41) is 12.1. The monoisotopic (exact) mass is 367 g/mol. The highest BCUT2D eigenvalue weighted by Crippen LogP contribution is 2.30. The number of amides is 1. The van der Waals surface area contributed by atoms with Crippen molar-refractivity contribution in [1.82, 2.24) is 15.3 Å². The third-order valence-electron chi connectivity index (χ3n) is 4.75. The quantitative estimate of drug-likeness (QED) is 0.641. The number of benzene rings is 2. The number of aliphatic hydroxyl groups is 1. The summed E-state index contributed by atoms with van der Waals surface area (Å²) in [6.07, 6.45) is 0.846. The number of H-pyrrole nitrogens is 1. The lowest BCUT2D eigenvalue weighted by Crippen LogP contribution is -2.34. The van der Waals surface area contributed by atoms with Crippen LogP contribution in [-0.4, -0.2) is 41.2 Å². The third kappa shape index (κ3) is 3.59. The van der Waals surface area contributed by atoms with Gasteiger partial charge in [-0.25, -0.2) is 4.98 Å². The zero-order valence-electron chi connectivity index (χ0n) is 15.0. The van der Waals surface area contributed by atoms with Crippen LogP contribution in [0.4, 0.5) is 0 Å². The number of ether oxygens (including phenoxy) is 2. The van der Waals surface area contributed by atoms with Crippen LogP contribution in [-0.2, 0) is 13.0 Å². The Balaban J connectivity index is 1.39. The average molecular weight is 367 g/mol. The number of fused-ring (bicyclic) bond motifs is 2. The molecule has 0 aliphatic carbocycles. The first kappa shape index (κ1) is 17.4. The first-order valence-electron chi connectivity index (χ1n) is 8.83. The van der Waals surface area contributed by atoms with Crippen molar-refractivity contribution in [2.75, 3.05) is 20.3 Å². The van der Waals surface area contributed by atoms with E-state index in [4.69, 9.17) is 14.6 Å². The van der Waals surface area contributed by atoms with Gasteiger partial charge in [-0.1, -0.05) is 6.07 Å². The standard InChI is InChI=1S/C20H21N3O4/c1-26-15-4-2-13-6-12(11-27-18(13)8-15)9-21-20(25)14-3-5-16-17(7-14)23-19(10-24)22-16/h2-5,7-8,12,24H,6,9-11H2,1H3,(H,21,25)(H,22,23)/t12-/m0/s1. The number of carbonyl (C=O) groups excluding carboxylic acids is 1. The highest BCUT2D eigenvalue weighted by Gasteiger charge is 2.21. The van der Waals surface area contributed by atoms with Crippen molar-refractivity contribution < 1.29 is 19.4 Å². The van der Waals surface area contributed by atoms with Crippen molar-refractivity contribution in [2.45, 2.75) is 13.0 Å². The van der Waals surface area contributed by atoms with Gasteiger partial charge in [-0.3, -0.25) is 4.79 Å². The van der Waals surface area contributed by atoms with Gasteiger partial charge in [0.25, 0.3) is 5.91 Å². The lowest BCUT2D eigenvalue weighted by atomic mass is 9.96. The van der Waals surface area contributed by atoms with Crippen molar-refractivity contribution in [3.8, 4) is 11.5 Å². The van der Waals surface area contributed by atoms with Crippen LogP contribution in [0.1, 0.15) is 21.7 Å². The highest BCUT2D eigenvalue weighted by molar-refractivity contribution is 5.97. The third-order valence-corrected chi connectivity index (χ3v) is 4.75. The Morgan fingerprint density at radius 2 is 2.26 bits per heavy atom. The van der Waals surface area contributed by atoms with E-state index in [1.165, 1.54) is 0 Å². The summed E-state index contributed by atoms with van der Waals surface area (Å²) in [7, 11) is 1.63. The van der Waals surface area contributed by atoms with Crippen LogP contribution in [0, 0.1) is 5.92 Å². The van der Waals surface area contributed by atoms with Crippen LogP contribution in [0.3, 0.4) is 0 Å². The van der Waals surface area contributed by atoms with Gasteiger partial charge in [0.05, 0.1) is 24.8 Å². The van der Waals surface area contributed by atoms with Gasteiger partial charge in [-0.2, -0.15) is 0 Å². The Morgan fingerprint density at radius 1 is 1.37 bits per heavy atom.